The Morgan fingerprint density at radius 3 is 2.95 bits per heavy atom. The molecule has 1 aromatic carbocycles. The molecule has 1 aromatic rings. The van der Waals surface area contributed by atoms with Crippen LogP contribution < -0.4 is 5.46 Å². The summed E-state index contributed by atoms with van der Waals surface area (Å²) < 4.78 is 10.3. The van der Waals surface area contributed by atoms with Crippen molar-refractivity contribution in [2.24, 2.45) is 5.41 Å². The lowest BCUT2D eigenvalue weighted by molar-refractivity contribution is -0.153. The van der Waals surface area contributed by atoms with Crippen molar-refractivity contribution < 1.29 is 19.2 Å². The molecule has 0 amide bonds. The van der Waals surface area contributed by atoms with Gasteiger partial charge in [-0.1, -0.05) is 18.2 Å². The molecule has 2 rings (SSSR count). The fourth-order valence-electron chi connectivity index (χ4n) is 2.39. The van der Waals surface area contributed by atoms with Gasteiger partial charge >= 0.3 is 13.1 Å². The number of hydrogen-bond acceptors (Lipinski definition) is 4. The largest absolute Gasteiger partial charge is 0.492 e. The van der Waals surface area contributed by atoms with Crippen LogP contribution in [0.25, 0.3) is 0 Å². The summed E-state index contributed by atoms with van der Waals surface area (Å²) in [5.41, 5.74) is 2.12. The highest BCUT2D eigenvalue weighted by atomic mass is 16.5. The van der Waals surface area contributed by atoms with Crippen LogP contribution in [-0.2, 0) is 27.2 Å². The SMILES string of the molecule is CCOC(=O)C(C)(C)Cc1cccc2c1B(O)OC2. The van der Waals surface area contributed by atoms with Crippen molar-refractivity contribution in [2.45, 2.75) is 33.8 Å². The molecular formula is C14H19BO4. The predicted octanol–water partition coefficient (Wildman–Crippen LogP) is 1.04. The van der Waals surface area contributed by atoms with Crippen molar-refractivity contribution in [1.82, 2.24) is 0 Å². The predicted molar refractivity (Wildman–Crippen MR) is 73.0 cm³/mol. The summed E-state index contributed by atoms with van der Waals surface area (Å²) in [4.78, 5) is 11.9. The van der Waals surface area contributed by atoms with E-state index in [1.165, 1.54) is 0 Å². The molecule has 0 radical (unpaired) electrons. The number of carbonyl (C=O) groups excluding carboxylic acids is 1. The molecule has 19 heavy (non-hydrogen) atoms. The minimum Gasteiger partial charge on any atom is -0.466 e. The normalized spacial score (nSPS) is 14.4. The summed E-state index contributed by atoms with van der Waals surface area (Å²) in [6.07, 6.45) is 0.523. The third kappa shape index (κ3) is 2.82. The van der Waals surface area contributed by atoms with E-state index in [-0.39, 0.29) is 5.97 Å². The maximum atomic E-state index is 11.9. The van der Waals surface area contributed by atoms with Crippen molar-refractivity contribution in [2.75, 3.05) is 6.61 Å². The summed E-state index contributed by atoms with van der Waals surface area (Å²) in [5.74, 6) is -0.221. The molecular weight excluding hydrogens is 243 g/mol. The third-order valence-electron chi connectivity index (χ3n) is 3.39. The zero-order valence-electron chi connectivity index (χ0n) is 11.6. The molecule has 0 saturated carbocycles. The highest BCUT2D eigenvalue weighted by molar-refractivity contribution is 6.62. The van der Waals surface area contributed by atoms with Gasteiger partial charge in [0, 0.05) is 0 Å². The van der Waals surface area contributed by atoms with Gasteiger partial charge in [0.2, 0.25) is 0 Å². The first-order chi connectivity index (χ1) is 8.95. The van der Waals surface area contributed by atoms with Gasteiger partial charge in [0.05, 0.1) is 18.6 Å². The van der Waals surface area contributed by atoms with Crippen LogP contribution in [0.2, 0.25) is 0 Å². The Kier molecular flexibility index (Phi) is 3.97. The zero-order valence-corrected chi connectivity index (χ0v) is 11.6. The van der Waals surface area contributed by atoms with Gasteiger partial charge in [0.25, 0.3) is 0 Å². The van der Waals surface area contributed by atoms with E-state index in [4.69, 9.17) is 9.39 Å². The highest BCUT2D eigenvalue weighted by Gasteiger charge is 2.35. The molecule has 4 nitrogen and oxygen atoms in total. The van der Waals surface area contributed by atoms with Crippen LogP contribution in [-0.4, -0.2) is 24.7 Å². The molecule has 0 fully saturated rings. The van der Waals surface area contributed by atoms with Gasteiger partial charge in [-0.3, -0.25) is 4.79 Å². The number of ether oxygens (including phenoxy) is 1. The molecule has 1 heterocycles. The van der Waals surface area contributed by atoms with Crippen molar-refractivity contribution in [3.05, 3.63) is 29.3 Å². The summed E-state index contributed by atoms with van der Waals surface area (Å²) in [6.45, 7) is 6.30. The highest BCUT2D eigenvalue weighted by Crippen LogP contribution is 2.25. The number of rotatable bonds is 4. The second kappa shape index (κ2) is 5.35. The second-order valence-electron chi connectivity index (χ2n) is 5.43. The zero-order chi connectivity index (χ0) is 14.0. The first kappa shape index (κ1) is 14.1. The lowest BCUT2D eigenvalue weighted by atomic mass is 9.72. The maximum absolute atomic E-state index is 11.9. The molecule has 0 unspecified atom stereocenters. The van der Waals surface area contributed by atoms with Gasteiger partial charge < -0.3 is 14.4 Å². The summed E-state index contributed by atoms with van der Waals surface area (Å²) in [5, 5.41) is 9.86. The monoisotopic (exact) mass is 262 g/mol. The number of fused-ring (bicyclic) bond motifs is 1. The van der Waals surface area contributed by atoms with Crippen molar-refractivity contribution in [3.63, 3.8) is 0 Å². The third-order valence-corrected chi connectivity index (χ3v) is 3.39. The number of esters is 1. The molecule has 0 atom stereocenters. The van der Waals surface area contributed by atoms with Gasteiger partial charge in [0.15, 0.2) is 0 Å². The number of carbonyl (C=O) groups is 1. The molecule has 0 spiro atoms. The fourth-order valence-corrected chi connectivity index (χ4v) is 2.39. The van der Waals surface area contributed by atoms with Crippen LogP contribution in [0.3, 0.4) is 0 Å². The van der Waals surface area contributed by atoms with E-state index in [1.807, 2.05) is 32.0 Å². The lowest BCUT2D eigenvalue weighted by Gasteiger charge is -2.23. The first-order valence-corrected chi connectivity index (χ1v) is 6.53. The van der Waals surface area contributed by atoms with Gasteiger partial charge in [-0.05, 0) is 43.8 Å². The summed E-state index contributed by atoms with van der Waals surface area (Å²) in [6, 6.07) is 5.79. The molecule has 0 aromatic heterocycles. The average molecular weight is 262 g/mol. The number of hydrogen-bond donors (Lipinski definition) is 1. The smallest absolute Gasteiger partial charge is 0.466 e. The van der Waals surface area contributed by atoms with Gasteiger partial charge in [-0.15, -0.1) is 0 Å². The van der Waals surface area contributed by atoms with Crippen molar-refractivity contribution in [3.8, 4) is 0 Å². The number of benzene rings is 1. The van der Waals surface area contributed by atoms with Crippen LogP contribution in [0.1, 0.15) is 31.9 Å². The molecule has 0 bridgehead atoms. The van der Waals surface area contributed by atoms with Gasteiger partial charge in [-0.25, -0.2) is 0 Å². The molecule has 1 N–H and O–H groups in total. The Bertz CT molecular complexity index is 484. The van der Waals surface area contributed by atoms with Crippen LogP contribution in [0.5, 0.6) is 0 Å². The van der Waals surface area contributed by atoms with Crippen LogP contribution in [0, 0.1) is 5.41 Å². The molecule has 0 saturated heterocycles. The van der Waals surface area contributed by atoms with Crippen molar-refractivity contribution in [1.29, 1.82) is 0 Å². The molecule has 1 aliphatic rings. The summed E-state index contributed by atoms with van der Waals surface area (Å²) in [7, 11) is -0.885. The first-order valence-electron chi connectivity index (χ1n) is 6.53. The molecule has 5 heteroatoms. The van der Waals surface area contributed by atoms with E-state index >= 15 is 0 Å². The lowest BCUT2D eigenvalue weighted by Crippen LogP contribution is -2.36. The molecule has 1 aliphatic heterocycles. The Labute approximate surface area is 113 Å². The van der Waals surface area contributed by atoms with Crippen LogP contribution >= 0.6 is 0 Å². The summed E-state index contributed by atoms with van der Waals surface area (Å²) >= 11 is 0. The standard InChI is InChI=1S/C14H19BO4/c1-4-18-13(16)14(2,3)8-10-6-5-7-11-9-19-15(17)12(10)11/h5-7,17H,4,8-9H2,1-3H3. The Hall–Kier alpha value is -1.33. The fraction of sp³-hybridized carbons (Fsp3) is 0.500. The second-order valence-corrected chi connectivity index (χ2v) is 5.43. The quantitative estimate of drug-likeness (QED) is 0.650. The Balaban J connectivity index is 2.25. The van der Waals surface area contributed by atoms with E-state index in [9.17, 15) is 9.82 Å². The van der Waals surface area contributed by atoms with E-state index in [2.05, 4.69) is 0 Å². The van der Waals surface area contributed by atoms with E-state index < -0.39 is 12.5 Å². The Morgan fingerprint density at radius 1 is 1.53 bits per heavy atom. The van der Waals surface area contributed by atoms with E-state index in [0.29, 0.717) is 19.6 Å². The topological polar surface area (TPSA) is 55.8 Å². The average Bonchev–Trinajstić information content (AvgIpc) is 2.72. The van der Waals surface area contributed by atoms with Crippen LogP contribution in [0.15, 0.2) is 18.2 Å². The molecule has 102 valence electrons. The maximum Gasteiger partial charge on any atom is 0.492 e. The minimum atomic E-state index is -0.885. The van der Waals surface area contributed by atoms with Crippen molar-refractivity contribution >= 4 is 18.6 Å². The Morgan fingerprint density at radius 2 is 2.26 bits per heavy atom. The van der Waals surface area contributed by atoms with E-state index in [0.717, 1.165) is 16.6 Å². The van der Waals surface area contributed by atoms with Crippen LogP contribution in [0.4, 0.5) is 0 Å². The van der Waals surface area contributed by atoms with Gasteiger partial charge in [-0.2, -0.15) is 0 Å². The minimum absolute atomic E-state index is 0.221. The van der Waals surface area contributed by atoms with Gasteiger partial charge in [0.1, 0.15) is 0 Å². The van der Waals surface area contributed by atoms with E-state index in [1.54, 1.807) is 6.92 Å². The molecule has 0 aliphatic carbocycles.